The fourth-order valence-electron chi connectivity index (χ4n) is 3.28. The van der Waals surface area contributed by atoms with Gasteiger partial charge in [-0.1, -0.05) is 24.3 Å². The van der Waals surface area contributed by atoms with Crippen LogP contribution in [0, 0.1) is 15.9 Å². The van der Waals surface area contributed by atoms with Crippen molar-refractivity contribution in [3.05, 3.63) is 107 Å². The molecule has 1 aliphatic heterocycles. The number of benzene rings is 3. The van der Waals surface area contributed by atoms with E-state index >= 15 is 0 Å². The van der Waals surface area contributed by atoms with Crippen molar-refractivity contribution in [3.63, 3.8) is 0 Å². The van der Waals surface area contributed by atoms with Crippen LogP contribution in [0.25, 0.3) is 6.08 Å². The van der Waals surface area contributed by atoms with E-state index in [1.165, 1.54) is 36.4 Å². The fraction of sp³-hybridized carbons (Fsp3) is 0.0833. The highest BCUT2D eigenvalue weighted by molar-refractivity contribution is 9.11. The summed E-state index contributed by atoms with van der Waals surface area (Å²) in [5.41, 5.74) is 1.91. The van der Waals surface area contributed by atoms with Crippen molar-refractivity contribution in [3.8, 4) is 5.75 Å². The van der Waals surface area contributed by atoms with E-state index in [1.807, 2.05) is 0 Å². The fourth-order valence-corrected chi connectivity index (χ4v) is 5.57. The number of non-ortho nitro benzene ring substituents is 1. The van der Waals surface area contributed by atoms with Gasteiger partial charge >= 0.3 is 0 Å². The Hall–Kier alpha value is -3.02. The van der Waals surface area contributed by atoms with Gasteiger partial charge in [-0.25, -0.2) is 4.39 Å². The van der Waals surface area contributed by atoms with Gasteiger partial charge in [0.1, 0.15) is 18.2 Å². The van der Waals surface area contributed by atoms with Crippen molar-refractivity contribution >= 4 is 66.5 Å². The highest BCUT2D eigenvalue weighted by Crippen LogP contribution is 2.38. The van der Waals surface area contributed by atoms with Gasteiger partial charge in [-0.2, -0.15) is 0 Å². The molecular weight excluding hydrogens is 607 g/mol. The summed E-state index contributed by atoms with van der Waals surface area (Å²) in [7, 11) is 0. The number of nitro groups is 1. The maximum Gasteiger partial charge on any atom is 0.293 e. The Balaban J connectivity index is 1.49. The number of halogens is 3. The summed E-state index contributed by atoms with van der Waals surface area (Å²) in [5.74, 6) is -0.336. The standard InChI is InChI=1S/C24H15Br2FN2O5S/c25-19-9-16(10-20(26)22(19)34-13-15-2-1-3-18(8-15)29(32)33)11-21-23(30)28(24(31)35-21)12-14-4-6-17(27)7-5-14/h1-11H,12-13H2. The lowest BCUT2D eigenvalue weighted by atomic mass is 10.2. The largest absolute Gasteiger partial charge is 0.487 e. The molecule has 4 rings (SSSR count). The minimum Gasteiger partial charge on any atom is -0.487 e. The lowest BCUT2D eigenvalue weighted by molar-refractivity contribution is -0.384. The number of hydrogen-bond donors (Lipinski definition) is 0. The first-order chi connectivity index (χ1) is 16.7. The lowest BCUT2D eigenvalue weighted by Crippen LogP contribution is -2.27. The van der Waals surface area contributed by atoms with Gasteiger partial charge < -0.3 is 4.74 Å². The van der Waals surface area contributed by atoms with Gasteiger partial charge in [-0.05, 0) is 90.7 Å². The Bertz CT molecular complexity index is 1340. The second-order valence-corrected chi connectivity index (χ2v) is 10.1. The number of imide groups is 1. The molecule has 0 aliphatic carbocycles. The Morgan fingerprint density at radius 1 is 1.03 bits per heavy atom. The van der Waals surface area contributed by atoms with Crippen LogP contribution >= 0.6 is 43.6 Å². The molecule has 1 heterocycles. The van der Waals surface area contributed by atoms with Crippen LogP contribution < -0.4 is 4.74 Å². The summed E-state index contributed by atoms with van der Waals surface area (Å²) in [6, 6.07) is 15.3. The van der Waals surface area contributed by atoms with Crippen molar-refractivity contribution in [1.82, 2.24) is 4.90 Å². The second-order valence-electron chi connectivity index (χ2n) is 7.42. The van der Waals surface area contributed by atoms with Crippen LogP contribution in [0.1, 0.15) is 16.7 Å². The summed E-state index contributed by atoms with van der Waals surface area (Å²) < 4.78 is 20.2. The zero-order valence-electron chi connectivity index (χ0n) is 17.7. The molecule has 11 heteroatoms. The molecule has 0 aromatic heterocycles. The predicted octanol–water partition coefficient (Wildman–Crippen LogP) is 7.07. The zero-order valence-corrected chi connectivity index (χ0v) is 21.7. The van der Waals surface area contributed by atoms with Gasteiger partial charge in [0.05, 0.1) is 25.3 Å². The number of amides is 2. The van der Waals surface area contributed by atoms with Gasteiger partial charge in [-0.15, -0.1) is 0 Å². The van der Waals surface area contributed by atoms with Gasteiger partial charge in [0.15, 0.2) is 0 Å². The third-order valence-electron chi connectivity index (χ3n) is 4.95. The second kappa shape index (κ2) is 10.7. The summed E-state index contributed by atoms with van der Waals surface area (Å²) in [5, 5.41) is 10.6. The summed E-state index contributed by atoms with van der Waals surface area (Å²) in [6.07, 6.45) is 1.61. The van der Waals surface area contributed by atoms with Crippen LogP contribution in [0.5, 0.6) is 5.75 Å². The molecule has 35 heavy (non-hydrogen) atoms. The Morgan fingerprint density at radius 2 is 1.71 bits per heavy atom. The molecule has 178 valence electrons. The molecule has 0 spiro atoms. The van der Waals surface area contributed by atoms with Gasteiger partial charge in [0, 0.05) is 12.1 Å². The van der Waals surface area contributed by atoms with Crippen LogP contribution in [0.2, 0.25) is 0 Å². The average molecular weight is 622 g/mol. The maximum absolute atomic E-state index is 13.1. The molecule has 2 amide bonds. The summed E-state index contributed by atoms with van der Waals surface area (Å²) >= 11 is 7.74. The number of nitrogens with zero attached hydrogens (tertiary/aromatic N) is 2. The molecule has 1 fully saturated rings. The maximum atomic E-state index is 13.1. The minimum atomic E-state index is -0.467. The van der Waals surface area contributed by atoms with Crippen molar-refractivity contribution in [1.29, 1.82) is 0 Å². The predicted molar refractivity (Wildman–Crippen MR) is 137 cm³/mol. The van der Waals surface area contributed by atoms with E-state index in [9.17, 15) is 24.1 Å². The van der Waals surface area contributed by atoms with Crippen molar-refractivity contribution in [2.24, 2.45) is 0 Å². The average Bonchev–Trinajstić information content (AvgIpc) is 3.07. The van der Waals surface area contributed by atoms with E-state index in [-0.39, 0.29) is 23.7 Å². The molecular formula is C24H15Br2FN2O5S. The van der Waals surface area contributed by atoms with Crippen LogP contribution in [-0.4, -0.2) is 21.0 Å². The van der Waals surface area contributed by atoms with Gasteiger partial charge in [-0.3, -0.25) is 24.6 Å². The molecule has 1 saturated heterocycles. The smallest absolute Gasteiger partial charge is 0.293 e. The molecule has 0 bridgehead atoms. The monoisotopic (exact) mass is 620 g/mol. The molecule has 3 aromatic rings. The van der Waals surface area contributed by atoms with Crippen LogP contribution in [-0.2, 0) is 17.9 Å². The molecule has 0 N–H and O–H groups in total. The van der Waals surface area contributed by atoms with E-state index in [0.717, 1.165) is 16.7 Å². The molecule has 0 atom stereocenters. The number of ether oxygens (including phenoxy) is 1. The van der Waals surface area contributed by atoms with Crippen molar-refractivity contribution in [2.75, 3.05) is 0 Å². The number of carbonyl (C=O) groups excluding carboxylic acids is 2. The highest BCUT2D eigenvalue weighted by Gasteiger charge is 2.35. The van der Waals surface area contributed by atoms with E-state index < -0.39 is 21.9 Å². The Kier molecular flexibility index (Phi) is 7.68. The number of thioether (sulfide) groups is 1. The van der Waals surface area contributed by atoms with Crippen LogP contribution in [0.4, 0.5) is 14.9 Å². The van der Waals surface area contributed by atoms with Gasteiger partial charge in [0.25, 0.3) is 16.8 Å². The summed E-state index contributed by atoms with van der Waals surface area (Å²) in [4.78, 5) is 37.1. The molecule has 0 unspecified atom stereocenters. The van der Waals surface area contributed by atoms with E-state index in [0.29, 0.717) is 31.4 Å². The molecule has 0 radical (unpaired) electrons. The number of nitro benzene ring substituents is 1. The third-order valence-corrected chi connectivity index (χ3v) is 7.04. The van der Waals surface area contributed by atoms with Crippen LogP contribution in [0.15, 0.2) is 74.5 Å². The zero-order chi connectivity index (χ0) is 25.1. The van der Waals surface area contributed by atoms with Crippen LogP contribution in [0.3, 0.4) is 0 Å². The Morgan fingerprint density at radius 3 is 2.37 bits per heavy atom. The summed E-state index contributed by atoms with van der Waals surface area (Å²) in [6.45, 7) is 0.167. The first-order valence-electron chi connectivity index (χ1n) is 10.1. The molecule has 3 aromatic carbocycles. The van der Waals surface area contributed by atoms with E-state index in [1.54, 1.807) is 30.3 Å². The normalized spacial score (nSPS) is 14.6. The molecule has 1 aliphatic rings. The Labute approximate surface area is 220 Å². The number of rotatable bonds is 7. The first-order valence-corrected chi connectivity index (χ1v) is 12.5. The van der Waals surface area contributed by atoms with E-state index in [2.05, 4.69) is 31.9 Å². The lowest BCUT2D eigenvalue weighted by Gasteiger charge is -2.12. The topological polar surface area (TPSA) is 89.7 Å². The quantitative estimate of drug-likeness (QED) is 0.159. The number of carbonyl (C=O) groups is 2. The first kappa shape index (κ1) is 25.1. The van der Waals surface area contributed by atoms with E-state index in [4.69, 9.17) is 4.74 Å². The highest BCUT2D eigenvalue weighted by atomic mass is 79.9. The van der Waals surface area contributed by atoms with Gasteiger partial charge in [0.2, 0.25) is 0 Å². The number of hydrogen-bond acceptors (Lipinski definition) is 6. The SMILES string of the molecule is O=C1SC(=Cc2cc(Br)c(OCc3cccc([N+](=O)[O-])c3)c(Br)c2)C(=O)N1Cc1ccc(F)cc1. The third kappa shape index (κ3) is 5.98. The van der Waals surface area contributed by atoms with Crippen molar-refractivity contribution in [2.45, 2.75) is 13.2 Å². The molecule has 0 saturated carbocycles. The van der Waals surface area contributed by atoms with Crippen molar-refractivity contribution < 1.29 is 23.6 Å². The minimum absolute atomic E-state index is 0.0204. The molecule has 7 nitrogen and oxygen atoms in total.